The molecule has 150 valence electrons. The van der Waals surface area contributed by atoms with E-state index in [9.17, 15) is 14.4 Å². The largest absolute Gasteiger partial charge is 0.336 e. The molecule has 0 unspecified atom stereocenters. The number of hydrogen-bond donors (Lipinski definition) is 1. The Morgan fingerprint density at radius 1 is 1.29 bits per heavy atom. The first-order chi connectivity index (χ1) is 13.3. The molecule has 2 aliphatic rings. The number of carbonyl (C=O) groups is 1. The summed E-state index contributed by atoms with van der Waals surface area (Å²) in [5.41, 5.74) is -0.823. The predicted octanol–water partition coefficient (Wildman–Crippen LogP) is 0.683. The minimum atomic E-state index is -0.626. The van der Waals surface area contributed by atoms with Gasteiger partial charge in [-0.15, -0.1) is 11.3 Å². The first-order valence-electron chi connectivity index (χ1n) is 9.48. The molecular weight excluding hydrogens is 380 g/mol. The highest BCUT2D eigenvalue weighted by Gasteiger charge is 2.48. The van der Waals surface area contributed by atoms with Crippen LogP contribution in [0.15, 0.2) is 15.0 Å². The van der Waals surface area contributed by atoms with Gasteiger partial charge in [0.1, 0.15) is 5.82 Å². The van der Waals surface area contributed by atoms with E-state index in [2.05, 4.69) is 15.4 Å². The molecule has 28 heavy (non-hydrogen) atoms. The molecule has 10 heteroatoms. The van der Waals surface area contributed by atoms with Gasteiger partial charge in [-0.2, -0.15) is 5.10 Å². The number of thiazole rings is 1. The lowest BCUT2D eigenvalue weighted by atomic mass is 9.85. The number of likely N-dealkylation sites (tertiary alicyclic amines) is 1. The first kappa shape index (κ1) is 18.9. The van der Waals surface area contributed by atoms with Gasteiger partial charge in [0.15, 0.2) is 0 Å². The van der Waals surface area contributed by atoms with E-state index in [-0.39, 0.29) is 24.0 Å². The van der Waals surface area contributed by atoms with Gasteiger partial charge in [-0.1, -0.05) is 0 Å². The Morgan fingerprint density at radius 2 is 2.04 bits per heavy atom. The van der Waals surface area contributed by atoms with Gasteiger partial charge in [-0.3, -0.25) is 14.2 Å². The zero-order valence-electron chi connectivity index (χ0n) is 16.3. The summed E-state index contributed by atoms with van der Waals surface area (Å²) in [6, 6.07) is -0.0358. The summed E-state index contributed by atoms with van der Waals surface area (Å²) in [5.74, 6) is 0.615. The SMILES string of the molecule is Cc1nc(Cn2nc3n(c(=O)c2=O)CC[C@@]32CCN(C(=O)NC(C)C)C2)cs1. The zero-order valence-corrected chi connectivity index (χ0v) is 17.1. The highest BCUT2D eigenvalue weighted by molar-refractivity contribution is 7.09. The van der Waals surface area contributed by atoms with Crippen LogP contribution in [0.3, 0.4) is 0 Å². The maximum Gasteiger partial charge on any atom is 0.332 e. The van der Waals surface area contributed by atoms with Gasteiger partial charge in [0.05, 0.1) is 22.7 Å². The Balaban J connectivity index is 1.67. The molecule has 4 heterocycles. The van der Waals surface area contributed by atoms with Gasteiger partial charge < -0.3 is 10.2 Å². The molecular formula is C18H24N6O3S. The number of hydrogen-bond acceptors (Lipinski definition) is 6. The number of rotatable bonds is 3. The average Bonchev–Trinajstić information content (AvgIpc) is 3.33. The molecule has 1 fully saturated rings. The number of fused-ring (bicyclic) bond motifs is 2. The molecule has 0 aliphatic carbocycles. The van der Waals surface area contributed by atoms with Gasteiger partial charge in [-0.05, 0) is 33.6 Å². The molecule has 0 bridgehead atoms. The van der Waals surface area contributed by atoms with Crippen molar-refractivity contribution in [2.24, 2.45) is 0 Å². The van der Waals surface area contributed by atoms with Crippen molar-refractivity contribution in [2.75, 3.05) is 13.1 Å². The Hall–Kier alpha value is -2.49. The van der Waals surface area contributed by atoms with Gasteiger partial charge in [-0.25, -0.2) is 14.5 Å². The number of nitrogens with zero attached hydrogens (tertiary/aromatic N) is 5. The molecule has 4 rings (SSSR count). The van der Waals surface area contributed by atoms with Crippen molar-refractivity contribution in [1.82, 2.24) is 29.5 Å². The number of carbonyl (C=O) groups excluding carboxylic acids is 1. The van der Waals surface area contributed by atoms with Crippen LogP contribution in [0, 0.1) is 6.92 Å². The molecule has 1 spiro atoms. The van der Waals surface area contributed by atoms with Crippen molar-refractivity contribution in [3.05, 3.63) is 42.6 Å². The number of amides is 2. The van der Waals surface area contributed by atoms with Crippen LogP contribution in [-0.2, 0) is 18.5 Å². The highest BCUT2D eigenvalue weighted by atomic mass is 32.1. The van der Waals surface area contributed by atoms with Crippen LogP contribution in [-0.4, -0.2) is 49.4 Å². The summed E-state index contributed by atoms with van der Waals surface area (Å²) in [6.45, 7) is 7.51. The average molecular weight is 404 g/mol. The predicted molar refractivity (Wildman–Crippen MR) is 105 cm³/mol. The molecule has 2 amide bonds. The summed E-state index contributed by atoms with van der Waals surface area (Å²) >= 11 is 1.50. The molecule has 0 saturated carbocycles. The fourth-order valence-corrected chi connectivity index (χ4v) is 4.69. The third-order valence-electron chi connectivity index (χ3n) is 5.45. The van der Waals surface area contributed by atoms with E-state index in [0.29, 0.717) is 31.9 Å². The van der Waals surface area contributed by atoms with E-state index >= 15 is 0 Å². The van der Waals surface area contributed by atoms with Crippen molar-refractivity contribution in [2.45, 2.75) is 58.2 Å². The Labute approximate surface area is 166 Å². The molecule has 0 radical (unpaired) electrons. The quantitative estimate of drug-likeness (QED) is 0.758. The van der Waals surface area contributed by atoms with Crippen molar-refractivity contribution in [3.63, 3.8) is 0 Å². The van der Waals surface area contributed by atoms with Gasteiger partial charge in [0, 0.05) is 31.1 Å². The van der Waals surface area contributed by atoms with E-state index in [1.807, 2.05) is 26.2 Å². The Kier molecular flexibility index (Phi) is 4.60. The summed E-state index contributed by atoms with van der Waals surface area (Å²) < 4.78 is 2.72. The molecule has 0 aromatic carbocycles. The van der Waals surface area contributed by atoms with Gasteiger partial charge >= 0.3 is 17.1 Å². The number of aryl methyl sites for hydroxylation is 1. The van der Waals surface area contributed by atoms with Gasteiger partial charge in [0.25, 0.3) is 0 Å². The lowest BCUT2D eigenvalue weighted by Crippen LogP contribution is -2.46. The first-order valence-corrected chi connectivity index (χ1v) is 10.4. The lowest BCUT2D eigenvalue weighted by molar-refractivity contribution is 0.202. The topological polar surface area (TPSA) is 102 Å². The lowest BCUT2D eigenvalue weighted by Gasteiger charge is -2.24. The number of aromatic nitrogens is 4. The third kappa shape index (κ3) is 3.15. The third-order valence-corrected chi connectivity index (χ3v) is 6.28. The van der Waals surface area contributed by atoms with Crippen LogP contribution in [0.2, 0.25) is 0 Å². The maximum atomic E-state index is 12.7. The van der Waals surface area contributed by atoms with Crippen LogP contribution in [0.25, 0.3) is 0 Å². The van der Waals surface area contributed by atoms with Crippen LogP contribution in [0.4, 0.5) is 4.79 Å². The summed E-state index contributed by atoms with van der Waals surface area (Å²) in [4.78, 5) is 43.7. The minimum Gasteiger partial charge on any atom is -0.336 e. The maximum absolute atomic E-state index is 12.7. The molecule has 9 nitrogen and oxygen atoms in total. The molecule has 2 aromatic heterocycles. The minimum absolute atomic E-state index is 0.0624. The molecule has 2 aliphatic heterocycles. The van der Waals surface area contributed by atoms with E-state index in [1.54, 1.807) is 4.90 Å². The van der Waals surface area contributed by atoms with Crippen molar-refractivity contribution in [3.8, 4) is 0 Å². The molecule has 1 atom stereocenters. The fraction of sp³-hybridized carbons (Fsp3) is 0.611. The van der Waals surface area contributed by atoms with E-state index in [1.165, 1.54) is 20.6 Å². The smallest absolute Gasteiger partial charge is 0.332 e. The second kappa shape index (κ2) is 6.84. The summed E-state index contributed by atoms with van der Waals surface area (Å²) in [5, 5.41) is 10.3. The van der Waals surface area contributed by atoms with Crippen molar-refractivity contribution >= 4 is 17.4 Å². The van der Waals surface area contributed by atoms with Gasteiger partial charge in [0.2, 0.25) is 0 Å². The van der Waals surface area contributed by atoms with Crippen LogP contribution in [0.5, 0.6) is 0 Å². The zero-order chi connectivity index (χ0) is 20.1. The standard InChI is InChI=1S/C18H24N6O3S/c1-11(2)19-17(27)22-6-4-18(10-22)5-7-23-14(25)15(26)24(21-16(18)23)8-13-9-28-12(3)20-13/h9,11H,4-8,10H2,1-3H3,(H,19,27)/t18-/m1/s1. The fourth-order valence-electron chi connectivity index (χ4n) is 4.09. The van der Waals surface area contributed by atoms with Crippen molar-refractivity contribution < 1.29 is 4.79 Å². The van der Waals surface area contributed by atoms with E-state index < -0.39 is 11.1 Å². The monoisotopic (exact) mass is 404 g/mol. The second-order valence-electron chi connectivity index (χ2n) is 7.91. The Bertz CT molecular complexity index is 1040. The normalized spacial score (nSPS) is 20.9. The van der Waals surface area contributed by atoms with Crippen LogP contribution >= 0.6 is 11.3 Å². The number of urea groups is 1. The summed E-state index contributed by atoms with van der Waals surface area (Å²) in [6.07, 6.45) is 1.44. The van der Waals surface area contributed by atoms with Crippen LogP contribution in [0.1, 0.15) is 43.2 Å². The molecule has 1 N–H and O–H groups in total. The summed E-state index contributed by atoms with van der Waals surface area (Å²) in [7, 11) is 0. The molecule has 1 saturated heterocycles. The Morgan fingerprint density at radius 3 is 2.71 bits per heavy atom. The van der Waals surface area contributed by atoms with E-state index in [0.717, 1.165) is 17.1 Å². The molecule has 2 aromatic rings. The second-order valence-corrected chi connectivity index (χ2v) is 8.97. The van der Waals surface area contributed by atoms with Crippen molar-refractivity contribution in [1.29, 1.82) is 0 Å². The van der Waals surface area contributed by atoms with E-state index in [4.69, 9.17) is 0 Å². The number of nitrogens with one attached hydrogen (secondary N) is 1. The highest BCUT2D eigenvalue weighted by Crippen LogP contribution is 2.40. The van der Waals surface area contributed by atoms with Crippen LogP contribution < -0.4 is 16.4 Å².